The molecule has 8 nitrogen and oxygen atoms in total. The van der Waals surface area contributed by atoms with E-state index in [2.05, 4.69) is 8.52 Å². The van der Waals surface area contributed by atoms with Gasteiger partial charge < -0.3 is 19.5 Å². The van der Waals surface area contributed by atoms with Crippen molar-refractivity contribution < 1.29 is 37.5 Å². The summed E-state index contributed by atoms with van der Waals surface area (Å²) in [4.78, 5) is 0. The molecule has 66 valence electrons. The van der Waals surface area contributed by atoms with Gasteiger partial charge in [-0.05, 0) is 0 Å². The first kappa shape index (κ1) is 9.81. The van der Waals surface area contributed by atoms with Crippen molar-refractivity contribution in [3.8, 4) is 0 Å². The van der Waals surface area contributed by atoms with E-state index in [9.17, 15) is 8.42 Å². The van der Waals surface area contributed by atoms with Crippen LogP contribution in [0.4, 0.5) is 0 Å². The lowest BCUT2D eigenvalue weighted by molar-refractivity contribution is -0.143. The summed E-state index contributed by atoms with van der Waals surface area (Å²) >= 11 is 0. The van der Waals surface area contributed by atoms with E-state index in [0.717, 1.165) is 0 Å². The van der Waals surface area contributed by atoms with Gasteiger partial charge >= 0.3 is 22.3 Å². The van der Waals surface area contributed by atoms with Gasteiger partial charge in [-0.15, -0.1) is 0 Å². The van der Waals surface area contributed by atoms with Crippen molar-refractivity contribution in [3.63, 3.8) is 0 Å². The van der Waals surface area contributed by atoms with E-state index in [1.807, 2.05) is 0 Å². The molecule has 0 fully saturated rings. The molecular weight excluding hydrogens is 184 g/mol. The van der Waals surface area contributed by atoms with Crippen molar-refractivity contribution in [1.82, 2.24) is 0 Å². The summed E-state index contributed by atoms with van der Waals surface area (Å²) in [7, 11) is -4.84. The SMILES string of the molecule is O=S(=O)(OO)OC(O)=C(O)O. The molecule has 0 radical (unpaired) electrons. The third-order valence-corrected chi connectivity index (χ3v) is 1.01. The molecule has 0 unspecified atom stereocenters. The summed E-state index contributed by atoms with van der Waals surface area (Å²) in [6, 6.07) is 0. The molecule has 0 amide bonds. The average Bonchev–Trinajstić information content (AvgIpc) is 1.87. The van der Waals surface area contributed by atoms with Crippen molar-refractivity contribution >= 4 is 10.4 Å². The Labute approximate surface area is 60.8 Å². The summed E-state index contributed by atoms with van der Waals surface area (Å²) in [5, 5.41) is 31.6. The van der Waals surface area contributed by atoms with Gasteiger partial charge in [0.2, 0.25) is 0 Å². The van der Waals surface area contributed by atoms with Crippen LogP contribution in [0.1, 0.15) is 0 Å². The van der Waals surface area contributed by atoms with Gasteiger partial charge in [0.1, 0.15) is 0 Å². The molecule has 0 aromatic rings. The number of rotatable bonds is 3. The van der Waals surface area contributed by atoms with Gasteiger partial charge in [0.25, 0.3) is 0 Å². The molecule has 0 aromatic carbocycles. The highest BCUT2D eigenvalue weighted by Gasteiger charge is 2.17. The molecule has 0 spiro atoms. The quantitative estimate of drug-likeness (QED) is 0.265. The lowest BCUT2D eigenvalue weighted by Gasteiger charge is -1.99. The summed E-state index contributed by atoms with van der Waals surface area (Å²) < 4.78 is 26.0. The van der Waals surface area contributed by atoms with Crippen LogP contribution in [-0.4, -0.2) is 29.0 Å². The Kier molecular flexibility index (Phi) is 2.92. The average molecular weight is 188 g/mol. The molecule has 0 aromatic heterocycles. The van der Waals surface area contributed by atoms with Gasteiger partial charge in [0, 0.05) is 0 Å². The van der Waals surface area contributed by atoms with Crippen LogP contribution in [-0.2, 0) is 18.9 Å². The molecular formula is C2H4O8S. The third kappa shape index (κ3) is 3.50. The van der Waals surface area contributed by atoms with Gasteiger partial charge in [-0.1, -0.05) is 4.33 Å². The van der Waals surface area contributed by atoms with E-state index >= 15 is 0 Å². The van der Waals surface area contributed by atoms with Crippen LogP contribution in [0.3, 0.4) is 0 Å². The maximum atomic E-state index is 10.0. The minimum atomic E-state index is -4.84. The lowest BCUT2D eigenvalue weighted by atomic mass is 10.9. The van der Waals surface area contributed by atoms with E-state index in [-0.39, 0.29) is 0 Å². The largest absolute Gasteiger partial charge is 0.479 e. The molecule has 11 heavy (non-hydrogen) atoms. The van der Waals surface area contributed by atoms with E-state index in [0.29, 0.717) is 0 Å². The maximum absolute atomic E-state index is 10.0. The first-order valence-electron chi connectivity index (χ1n) is 1.97. The zero-order chi connectivity index (χ0) is 9.07. The van der Waals surface area contributed by atoms with Crippen molar-refractivity contribution in [2.75, 3.05) is 0 Å². The van der Waals surface area contributed by atoms with Crippen molar-refractivity contribution in [3.05, 3.63) is 11.9 Å². The van der Waals surface area contributed by atoms with Gasteiger partial charge in [-0.25, -0.2) is 5.26 Å². The Morgan fingerprint density at radius 3 is 1.91 bits per heavy atom. The minimum absolute atomic E-state index is 1.71. The number of hydrogen-bond acceptors (Lipinski definition) is 8. The number of aliphatic hydroxyl groups excluding tert-OH is 2. The Morgan fingerprint density at radius 1 is 1.18 bits per heavy atom. The molecule has 0 saturated heterocycles. The molecule has 0 rings (SSSR count). The fraction of sp³-hybridized carbons (Fsp3) is 0. The smallest absolute Gasteiger partial charge is 0.476 e. The Balaban J connectivity index is 4.42. The highest BCUT2D eigenvalue weighted by atomic mass is 32.3. The molecule has 0 aliphatic carbocycles. The van der Waals surface area contributed by atoms with Crippen molar-refractivity contribution in [2.24, 2.45) is 0 Å². The van der Waals surface area contributed by atoms with E-state index in [1.165, 1.54) is 0 Å². The second-order valence-corrected chi connectivity index (χ2v) is 2.33. The summed E-state index contributed by atoms with van der Waals surface area (Å²) in [6.07, 6.45) is 0. The van der Waals surface area contributed by atoms with Crippen LogP contribution in [0, 0.1) is 0 Å². The predicted molar refractivity (Wildman–Crippen MR) is 28.6 cm³/mol. The van der Waals surface area contributed by atoms with Gasteiger partial charge in [-0.2, -0.15) is 8.42 Å². The summed E-state index contributed by atoms with van der Waals surface area (Å²) in [6.45, 7) is 0. The molecule has 9 heteroatoms. The molecule has 0 aliphatic rings. The van der Waals surface area contributed by atoms with E-state index in [4.69, 9.17) is 20.6 Å². The minimum Gasteiger partial charge on any atom is -0.476 e. The second-order valence-electron chi connectivity index (χ2n) is 1.19. The summed E-state index contributed by atoms with van der Waals surface area (Å²) in [5.74, 6) is -3.47. The van der Waals surface area contributed by atoms with E-state index < -0.39 is 22.3 Å². The van der Waals surface area contributed by atoms with Crippen molar-refractivity contribution in [1.29, 1.82) is 0 Å². The summed E-state index contributed by atoms with van der Waals surface area (Å²) in [5.41, 5.74) is 0. The monoisotopic (exact) mass is 188 g/mol. The topological polar surface area (TPSA) is 134 Å². The van der Waals surface area contributed by atoms with Gasteiger partial charge in [0.15, 0.2) is 0 Å². The Hall–Kier alpha value is -1.19. The molecule has 0 aliphatic heterocycles. The van der Waals surface area contributed by atoms with Crippen LogP contribution >= 0.6 is 0 Å². The molecule has 0 heterocycles. The zero-order valence-electron chi connectivity index (χ0n) is 4.83. The van der Waals surface area contributed by atoms with E-state index in [1.54, 1.807) is 0 Å². The van der Waals surface area contributed by atoms with Crippen LogP contribution in [0.15, 0.2) is 11.9 Å². The highest BCUT2D eigenvalue weighted by molar-refractivity contribution is 7.81. The third-order valence-electron chi connectivity index (χ3n) is 0.464. The standard InChI is InChI=1S/C2H4O8S/c3-1(4)2(5)9-11(7,8)10-6/h3-6H. The van der Waals surface area contributed by atoms with Crippen LogP contribution in [0.25, 0.3) is 0 Å². The Morgan fingerprint density at radius 2 is 1.64 bits per heavy atom. The number of hydrogen-bond donors (Lipinski definition) is 4. The fourth-order valence-electron chi connectivity index (χ4n) is 0.149. The molecule has 0 bridgehead atoms. The second kappa shape index (κ2) is 3.27. The first-order valence-corrected chi connectivity index (χ1v) is 3.31. The maximum Gasteiger partial charge on any atom is 0.479 e. The first-order chi connectivity index (χ1) is 4.89. The van der Waals surface area contributed by atoms with Gasteiger partial charge in [-0.3, -0.25) is 0 Å². The lowest BCUT2D eigenvalue weighted by Crippen LogP contribution is -2.08. The normalized spacial score (nSPS) is 10.6. The molecule has 0 atom stereocenters. The fourth-order valence-corrected chi connectivity index (χ4v) is 0.447. The predicted octanol–water partition coefficient (Wildman–Crippen LogP) is -0.462. The Bertz CT molecular complexity index is 243. The van der Waals surface area contributed by atoms with Crippen LogP contribution in [0.2, 0.25) is 0 Å². The molecule has 0 saturated carbocycles. The van der Waals surface area contributed by atoms with Crippen LogP contribution in [0.5, 0.6) is 0 Å². The van der Waals surface area contributed by atoms with Gasteiger partial charge in [0.05, 0.1) is 0 Å². The number of aliphatic hydroxyl groups is 3. The highest BCUT2D eigenvalue weighted by Crippen LogP contribution is 2.02. The van der Waals surface area contributed by atoms with Crippen LogP contribution < -0.4 is 0 Å². The molecule has 4 N–H and O–H groups in total. The van der Waals surface area contributed by atoms with Crippen molar-refractivity contribution in [2.45, 2.75) is 0 Å². The zero-order valence-corrected chi connectivity index (χ0v) is 5.65.